The summed E-state index contributed by atoms with van der Waals surface area (Å²) in [5, 5.41) is 8.54. The minimum Gasteiger partial charge on any atom is -0.481 e. The maximum absolute atomic E-state index is 11.8. The van der Waals surface area contributed by atoms with Gasteiger partial charge in [-0.1, -0.05) is 19.8 Å². The Bertz CT molecular complexity index is 306. The van der Waals surface area contributed by atoms with E-state index in [4.69, 9.17) is 9.84 Å². The molecule has 1 aliphatic rings. The first-order valence-electron chi connectivity index (χ1n) is 7.08. The second-order valence-electron chi connectivity index (χ2n) is 5.42. The zero-order valence-electron chi connectivity index (χ0n) is 11.9. The van der Waals surface area contributed by atoms with Gasteiger partial charge in [0.1, 0.15) is 6.61 Å². The summed E-state index contributed by atoms with van der Waals surface area (Å²) in [6, 6.07) is 0. The summed E-state index contributed by atoms with van der Waals surface area (Å²) in [5.74, 6) is -0.366. The van der Waals surface area contributed by atoms with E-state index in [9.17, 15) is 9.59 Å². The van der Waals surface area contributed by atoms with Crippen LogP contribution in [0, 0.1) is 5.92 Å². The molecule has 1 rings (SSSR count). The highest BCUT2D eigenvalue weighted by Crippen LogP contribution is 2.26. The van der Waals surface area contributed by atoms with Gasteiger partial charge in [0.05, 0.1) is 6.10 Å². The molecule has 1 aliphatic carbocycles. The molecule has 5 heteroatoms. The zero-order chi connectivity index (χ0) is 14.3. The number of hydrogen-bond acceptors (Lipinski definition) is 3. The van der Waals surface area contributed by atoms with Crippen LogP contribution in [-0.4, -0.2) is 48.2 Å². The van der Waals surface area contributed by atoms with Crippen LogP contribution >= 0.6 is 0 Å². The van der Waals surface area contributed by atoms with Crippen LogP contribution < -0.4 is 0 Å². The Balaban J connectivity index is 2.20. The van der Waals surface area contributed by atoms with Crippen molar-refractivity contribution in [1.82, 2.24) is 4.90 Å². The number of likely N-dealkylation sites (N-methyl/N-ethyl adjacent to an activating group) is 1. The lowest BCUT2D eigenvalue weighted by atomic mass is 9.88. The van der Waals surface area contributed by atoms with E-state index < -0.39 is 5.97 Å². The van der Waals surface area contributed by atoms with E-state index in [0.29, 0.717) is 18.9 Å². The van der Waals surface area contributed by atoms with Crippen LogP contribution in [0.4, 0.5) is 0 Å². The van der Waals surface area contributed by atoms with Crippen LogP contribution in [-0.2, 0) is 14.3 Å². The first kappa shape index (κ1) is 16.0. The molecule has 1 N–H and O–H groups in total. The van der Waals surface area contributed by atoms with Crippen molar-refractivity contribution >= 4 is 11.9 Å². The smallest absolute Gasteiger partial charge is 0.303 e. The third-order valence-electron chi connectivity index (χ3n) is 3.76. The third kappa shape index (κ3) is 6.05. The van der Waals surface area contributed by atoms with Crippen molar-refractivity contribution in [3.05, 3.63) is 0 Å². The van der Waals surface area contributed by atoms with Gasteiger partial charge in [0.25, 0.3) is 0 Å². The molecular weight excluding hydrogens is 246 g/mol. The summed E-state index contributed by atoms with van der Waals surface area (Å²) in [7, 11) is 1.69. The number of carbonyl (C=O) groups excluding carboxylic acids is 1. The summed E-state index contributed by atoms with van der Waals surface area (Å²) in [4.78, 5) is 23.8. The van der Waals surface area contributed by atoms with Crippen LogP contribution in [0.5, 0.6) is 0 Å². The fourth-order valence-corrected chi connectivity index (χ4v) is 2.41. The van der Waals surface area contributed by atoms with E-state index in [0.717, 1.165) is 6.42 Å². The molecule has 0 heterocycles. The summed E-state index contributed by atoms with van der Waals surface area (Å²) in [5.41, 5.74) is 0. The molecule has 1 amide bonds. The van der Waals surface area contributed by atoms with Gasteiger partial charge in [-0.3, -0.25) is 9.59 Å². The molecule has 0 bridgehead atoms. The lowest BCUT2D eigenvalue weighted by molar-refractivity contribution is -0.140. The molecule has 2 unspecified atom stereocenters. The molecular formula is C14H25NO4. The van der Waals surface area contributed by atoms with Crippen molar-refractivity contribution in [3.63, 3.8) is 0 Å². The molecule has 0 saturated heterocycles. The Hall–Kier alpha value is -1.10. The topological polar surface area (TPSA) is 66.8 Å². The average molecular weight is 271 g/mol. The van der Waals surface area contributed by atoms with Crippen LogP contribution in [0.2, 0.25) is 0 Å². The van der Waals surface area contributed by atoms with Crippen LogP contribution in [0.1, 0.15) is 45.4 Å². The van der Waals surface area contributed by atoms with Gasteiger partial charge in [0.2, 0.25) is 5.91 Å². The molecule has 1 saturated carbocycles. The van der Waals surface area contributed by atoms with Gasteiger partial charge >= 0.3 is 5.97 Å². The van der Waals surface area contributed by atoms with E-state index in [-0.39, 0.29) is 25.0 Å². The molecule has 0 spiro atoms. The molecule has 5 nitrogen and oxygen atoms in total. The van der Waals surface area contributed by atoms with Crippen LogP contribution in [0.15, 0.2) is 0 Å². The van der Waals surface area contributed by atoms with Gasteiger partial charge in [-0.05, 0) is 25.2 Å². The lowest BCUT2D eigenvalue weighted by Gasteiger charge is -2.29. The number of aliphatic carboxylic acids is 1. The van der Waals surface area contributed by atoms with Crippen molar-refractivity contribution in [2.24, 2.45) is 5.92 Å². The molecule has 0 aliphatic heterocycles. The molecule has 0 aromatic rings. The second-order valence-corrected chi connectivity index (χ2v) is 5.42. The summed E-state index contributed by atoms with van der Waals surface area (Å²) in [6.07, 6.45) is 5.42. The number of carboxylic acid groups (broad SMARTS) is 1. The van der Waals surface area contributed by atoms with E-state index in [2.05, 4.69) is 6.92 Å². The van der Waals surface area contributed by atoms with E-state index in [1.807, 2.05) is 0 Å². The molecule has 0 radical (unpaired) electrons. The Morgan fingerprint density at radius 1 is 1.32 bits per heavy atom. The molecule has 2 atom stereocenters. The third-order valence-corrected chi connectivity index (χ3v) is 3.76. The van der Waals surface area contributed by atoms with Gasteiger partial charge in [-0.2, -0.15) is 0 Å². The predicted octanol–water partition coefficient (Wildman–Crippen LogP) is 1.90. The SMILES string of the molecule is CC1CCCCC1OCC(=O)N(C)CCCC(=O)O. The van der Waals surface area contributed by atoms with Crippen molar-refractivity contribution in [3.8, 4) is 0 Å². The van der Waals surface area contributed by atoms with Gasteiger partial charge in [0, 0.05) is 20.0 Å². The number of hydrogen-bond donors (Lipinski definition) is 1. The number of amides is 1. The fraction of sp³-hybridized carbons (Fsp3) is 0.857. The fourth-order valence-electron chi connectivity index (χ4n) is 2.41. The van der Waals surface area contributed by atoms with Gasteiger partial charge in [-0.15, -0.1) is 0 Å². The highest BCUT2D eigenvalue weighted by Gasteiger charge is 2.23. The van der Waals surface area contributed by atoms with Crippen molar-refractivity contribution < 1.29 is 19.4 Å². The van der Waals surface area contributed by atoms with Crippen molar-refractivity contribution in [2.75, 3.05) is 20.2 Å². The average Bonchev–Trinajstić information content (AvgIpc) is 2.36. The Kier molecular flexibility index (Phi) is 6.84. The molecule has 0 aromatic carbocycles. The first-order valence-corrected chi connectivity index (χ1v) is 7.08. The zero-order valence-corrected chi connectivity index (χ0v) is 11.9. The number of rotatable bonds is 7. The maximum atomic E-state index is 11.8. The van der Waals surface area contributed by atoms with Crippen molar-refractivity contribution in [2.45, 2.75) is 51.6 Å². The highest BCUT2D eigenvalue weighted by atomic mass is 16.5. The highest BCUT2D eigenvalue weighted by molar-refractivity contribution is 5.77. The van der Waals surface area contributed by atoms with E-state index in [1.54, 1.807) is 11.9 Å². The normalized spacial score (nSPS) is 23.1. The molecule has 0 aromatic heterocycles. The monoisotopic (exact) mass is 271 g/mol. The molecule has 19 heavy (non-hydrogen) atoms. The largest absolute Gasteiger partial charge is 0.481 e. The minimum absolute atomic E-state index is 0.0665. The van der Waals surface area contributed by atoms with Crippen LogP contribution in [0.25, 0.3) is 0 Å². The van der Waals surface area contributed by atoms with Gasteiger partial charge in [-0.25, -0.2) is 0 Å². The summed E-state index contributed by atoms with van der Waals surface area (Å²) in [6.45, 7) is 2.75. The number of nitrogens with zero attached hydrogens (tertiary/aromatic N) is 1. The molecule has 1 fully saturated rings. The lowest BCUT2D eigenvalue weighted by Crippen LogP contribution is -2.35. The molecule has 110 valence electrons. The van der Waals surface area contributed by atoms with E-state index in [1.165, 1.54) is 19.3 Å². The quantitative estimate of drug-likeness (QED) is 0.768. The summed E-state index contributed by atoms with van der Waals surface area (Å²) >= 11 is 0. The Morgan fingerprint density at radius 3 is 2.63 bits per heavy atom. The van der Waals surface area contributed by atoms with Gasteiger partial charge < -0.3 is 14.7 Å². The number of ether oxygens (including phenoxy) is 1. The second kappa shape index (κ2) is 8.15. The Labute approximate surface area is 114 Å². The van der Waals surface area contributed by atoms with Crippen LogP contribution in [0.3, 0.4) is 0 Å². The minimum atomic E-state index is -0.826. The predicted molar refractivity (Wildman–Crippen MR) is 71.9 cm³/mol. The number of carbonyl (C=O) groups is 2. The van der Waals surface area contributed by atoms with E-state index >= 15 is 0 Å². The van der Waals surface area contributed by atoms with Gasteiger partial charge in [0.15, 0.2) is 0 Å². The Morgan fingerprint density at radius 2 is 2.00 bits per heavy atom. The standard InChI is InChI=1S/C14H25NO4/c1-11-6-3-4-7-12(11)19-10-13(16)15(2)9-5-8-14(17)18/h11-12H,3-10H2,1-2H3,(H,17,18). The van der Waals surface area contributed by atoms with Crippen molar-refractivity contribution in [1.29, 1.82) is 0 Å². The summed E-state index contributed by atoms with van der Waals surface area (Å²) < 4.78 is 5.70. The number of carboxylic acids is 1. The maximum Gasteiger partial charge on any atom is 0.303 e. The first-order chi connectivity index (χ1) is 9.00.